The number of anilines is 6. The topological polar surface area (TPSA) is 34.2 Å². The summed E-state index contributed by atoms with van der Waals surface area (Å²) in [5.74, 6) is 2.44. The summed E-state index contributed by atoms with van der Waals surface area (Å²) in [6.45, 7) is 13.3. The number of para-hydroxylation sites is 2. The monoisotopic (exact) mass is 1370 g/mol. The minimum atomic E-state index is -0.737. The molecule has 3 aliphatic rings. The lowest BCUT2D eigenvalue weighted by molar-refractivity contribution is 0.306. The first kappa shape index (κ1) is 66.0. The van der Waals surface area contributed by atoms with Gasteiger partial charge in [0.05, 0.1) is 10.8 Å². The number of fused-ring (bicyclic) bond motifs is 6. The molecule has 0 N–H and O–H groups in total. The number of ether oxygens (including phenoxy) is 3. The Morgan fingerprint density at radius 3 is 1.02 bits per heavy atom. The van der Waals surface area contributed by atoms with E-state index in [-0.39, 0.29) is 0 Å². The summed E-state index contributed by atoms with van der Waals surface area (Å²) in [7, 11) is 0. The quantitative estimate of drug-likeness (QED) is 0.0638. The first-order chi connectivity index (χ1) is 52.4. The Morgan fingerprint density at radius 1 is 0.283 bits per heavy atom. The van der Waals surface area contributed by atoms with Gasteiger partial charge in [-0.2, -0.15) is 0 Å². The molecule has 0 saturated carbocycles. The lowest BCUT2D eigenvalue weighted by Gasteiger charge is -2.35. The Labute approximate surface area is 622 Å². The molecular weight excluding hydrogens is 1290 g/mol. The number of hydrogen-bond donors (Lipinski definition) is 0. The minimum absolute atomic E-state index is 0.446. The van der Waals surface area contributed by atoms with Crippen molar-refractivity contribution in [2.45, 2.75) is 36.9 Å². The van der Waals surface area contributed by atoms with Crippen LogP contribution in [-0.2, 0) is 24.0 Å². The van der Waals surface area contributed by atoms with E-state index in [1.807, 2.05) is 18.2 Å². The third-order valence-electron chi connectivity index (χ3n) is 21.5. The van der Waals surface area contributed by atoms with E-state index in [9.17, 15) is 0 Å². The summed E-state index contributed by atoms with van der Waals surface area (Å²) in [4.78, 5) is 4.78. The van der Waals surface area contributed by atoms with Gasteiger partial charge in [0.2, 0.25) is 0 Å². The van der Waals surface area contributed by atoms with Gasteiger partial charge >= 0.3 is 0 Å². The fraction of sp³-hybridized carbons (Fsp3) is 0.0693. The van der Waals surface area contributed by atoms with E-state index in [0.717, 1.165) is 109 Å². The average Bonchev–Trinajstić information content (AvgIpc) is 1.54. The molecule has 0 bridgehead atoms. The van der Waals surface area contributed by atoms with E-state index in [1.165, 1.54) is 66.8 Å². The van der Waals surface area contributed by atoms with Gasteiger partial charge in [0.15, 0.2) is 0 Å². The number of allylic oxidation sites excluding steroid dienone is 4. The molecule has 14 aromatic rings. The fourth-order valence-electron chi connectivity index (χ4n) is 16.1. The Balaban J connectivity index is 0.710. The van der Waals surface area contributed by atoms with Gasteiger partial charge in [-0.15, -0.1) is 0 Å². The zero-order valence-electron chi connectivity index (χ0n) is 59.1. The second-order valence-corrected chi connectivity index (χ2v) is 27.5. The van der Waals surface area contributed by atoms with E-state index >= 15 is 0 Å². The van der Waals surface area contributed by atoms with E-state index in [2.05, 4.69) is 387 Å². The van der Waals surface area contributed by atoms with Gasteiger partial charge in [0.1, 0.15) is 37.1 Å². The van der Waals surface area contributed by atoms with Gasteiger partial charge in [-0.05, 0) is 233 Å². The van der Waals surface area contributed by atoms with Gasteiger partial charge in [0, 0.05) is 34.1 Å². The molecule has 0 aromatic heterocycles. The molecule has 0 fully saturated rings. The highest BCUT2D eigenvalue weighted by Gasteiger charge is 2.48. The smallest absolute Gasteiger partial charge is 0.119 e. The Kier molecular flexibility index (Phi) is 18.0. The van der Waals surface area contributed by atoms with Crippen LogP contribution in [0.5, 0.6) is 17.2 Å². The van der Waals surface area contributed by atoms with Crippen LogP contribution in [0, 0.1) is 0 Å². The predicted octanol–water partition coefficient (Wildman–Crippen LogP) is 25.7. The molecular formula is C101H78N2O3. The molecule has 3 aliphatic carbocycles. The van der Waals surface area contributed by atoms with Crippen molar-refractivity contribution < 1.29 is 14.2 Å². The largest absolute Gasteiger partial charge is 0.489 e. The fourth-order valence-corrected chi connectivity index (χ4v) is 16.1. The maximum atomic E-state index is 6.50. The van der Waals surface area contributed by atoms with Gasteiger partial charge in [-0.3, -0.25) is 0 Å². The summed E-state index contributed by atoms with van der Waals surface area (Å²) >= 11 is 0. The van der Waals surface area contributed by atoms with Crippen LogP contribution in [0.1, 0.15) is 79.6 Å². The standard InChI is InChI=1S/C101H78N2O3/c1-4-71-30-36-74(37-31-71)68-104-89-58-46-80(47-59-89)100(79-20-10-7-11-21-79)96-28-18-16-26-92(96)94-64-56-87(66-98(94)100)102(83-22-12-8-13-23-83)85-52-42-77(43-53-85)78-44-54-86(55-45-78)103(84-24-14-9-15-25-84)88-57-65-95-93-27-17-19-29-97(93)101(99(95)67-88,81-48-60-90(61-49-81)105-69-75-38-32-72(5-2)33-39-75)82-50-62-91(63-51-82)106-70-76-40-34-73(6-3)35-41-76/h4-30,32-36,38-67H,1-3,31,37,68-70H2. The number of nitrogens with zero attached hydrogens (tertiary/aromatic N) is 2. The van der Waals surface area contributed by atoms with Crippen molar-refractivity contribution in [3.8, 4) is 50.6 Å². The minimum Gasteiger partial charge on any atom is -0.489 e. The Bertz CT molecular complexity index is 5490. The second-order valence-electron chi connectivity index (χ2n) is 27.5. The number of rotatable bonds is 23. The normalized spacial score (nSPS) is 14.2. The molecule has 0 amide bonds. The van der Waals surface area contributed by atoms with Gasteiger partial charge < -0.3 is 24.0 Å². The van der Waals surface area contributed by atoms with Gasteiger partial charge in [-0.25, -0.2) is 0 Å². The molecule has 1 unspecified atom stereocenters. The van der Waals surface area contributed by atoms with Crippen LogP contribution in [0.3, 0.4) is 0 Å². The summed E-state index contributed by atoms with van der Waals surface area (Å²) in [5.41, 5.74) is 28.4. The Morgan fingerprint density at radius 2 is 0.632 bits per heavy atom. The summed E-state index contributed by atoms with van der Waals surface area (Å²) in [6, 6.07) is 126. The molecule has 1 atom stereocenters. The van der Waals surface area contributed by atoms with Gasteiger partial charge in [0.25, 0.3) is 0 Å². The molecule has 106 heavy (non-hydrogen) atoms. The highest BCUT2D eigenvalue weighted by Crippen LogP contribution is 2.60. The molecule has 0 aliphatic heterocycles. The lowest BCUT2D eigenvalue weighted by Crippen LogP contribution is -2.28. The van der Waals surface area contributed by atoms with E-state index in [4.69, 9.17) is 14.2 Å². The molecule has 0 spiro atoms. The average molecular weight is 1370 g/mol. The van der Waals surface area contributed by atoms with Crippen molar-refractivity contribution >= 4 is 46.3 Å². The van der Waals surface area contributed by atoms with E-state index in [1.54, 1.807) is 0 Å². The van der Waals surface area contributed by atoms with Crippen LogP contribution in [0.25, 0.3) is 45.5 Å². The van der Waals surface area contributed by atoms with Crippen molar-refractivity contribution in [3.63, 3.8) is 0 Å². The first-order valence-corrected chi connectivity index (χ1v) is 36.5. The molecule has 17 rings (SSSR count). The van der Waals surface area contributed by atoms with Crippen molar-refractivity contribution in [1.82, 2.24) is 0 Å². The van der Waals surface area contributed by atoms with Crippen LogP contribution in [0.4, 0.5) is 34.1 Å². The lowest BCUT2D eigenvalue weighted by atomic mass is 9.67. The molecule has 0 saturated heterocycles. The van der Waals surface area contributed by atoms with Crippen LogP contribution < -0.4 is 24.0 Å². The number of benzene rings is 14. The third-order valence-corrected chi connectivity index (χ3v) is 21.5. The highest BCUT2D eigenvalue weighted by atomic mass is 16.5. The van der Waals surface area contributed by atoms with Crippen molar-refractivity contribution in [3.05, 3.63) is 462 Å². The van der Waals surface area contributed by atoms with Crippen LogP contribution in [0.2, 0.25) is 0 Å². The van der Waals surface area contributed by atoms with E-state index < -0.39 is 10.8 Å². The van der Waals surface area contributed by atoms with Crippen LogP contribution in [0.15, 0.2) is 395 Å². The maximum Gasteiger partial charge on any atom is 0.119 e. The summed E-state index contributed by atoms with van der Waals surface area (Å²) in [6.07, 6.45) is 12.0. The SMILES string of the molecule is C=CC1=CC=C(COc2ccc(C3(c4ccccc4)c4ccccc4-c4ccc(N(c5ccccc5)c5ccc(-c6ccc(N(c7ccccc7)c7ccc8c(c7)C(c7ccc(OCc9ccc(C=C)cc9)cc7)(c7ccc(OCc9ccc(C=C)cc9)cc7)c7ccccc7-8)cc6)cc5)cc43)cc2)CC1. The molecule has 0 heterocycles. The molecule has 0 radical (unpaired) electrons. The molecule has 14 aromatic carbocycles. The van der Waals surface area contributed by atoms with Crippen molar-refractivity contribution in [2.75, 3.05) is 16.4 Å². The molecule has 5 heteroatoms. The second kappa shape index (κ2) is 28.9. The summed E-state index contributed by atoms with van der Waals surface area (Å²) in [5, 5.41) is 0. The van der Waals surface area contributed by atoms with Crippen molar-refractivity contribution in [2.24, 2.45) is 0 Å². The molecule has 5 nitrogen and oxygen atoms in total. The highest BCUT2D eigenvalue weighted by molar-refractivity contribution is 5.92. The first-order valence-electron chi connectivity index (χ1n) is 36.5. The molecule has 510 valence electrons. The summed E-state index contributed by atoms with van der Waals surface area (Å²) < 4.78 is 19.5. The van der Waals surface area contributed by atoms with Gasteiger partial charge in [-0.1, -0.05) is 287 Å². The van der Waals surface area contributed by atoms with E-state index in [0.29, 0.717) is 19.8 Å². The third kappa shape index (κ3) is 12.3. The number of hydrogen-bond acceptors (Lipinski definition) is 5. The zero-order chi connectivity index (χ0) is 71.4. The predicted molar refractivity (Wildman–Crippen MR) is 439 cm³/mol. The van der Waals surface area contributed by atoms with Crippen molar-refractivity contribution in [1.29, 1.82) is 0 Å². The van der Waals surface area contributed by atoms with Crippen LogP contribution >= 0.6 is 0 Å². The zero-order valence-corrected chi connectivity index (χ0v) is 59.1. The van der Waals surface area contributed by atoms with Crippen LogP contribution in [-0.4, -0.2) is 6.61 Å². The maximum absolute atomic E-state index is 6.50. The Hall–Kier alpha value is -13.2.